The molecular formula is C20H19F2NO3. The molecule has 1 aromatic carbocycles. The fourth-order valence-electron chi connectivity index (χ4n) is 4.08. The van der Waals surface area contributed by atoms with Crippen molar-refractivity contribution in [2.75, 3.05) is 13.8 Å². The van der Waals surface area contributed by atoms with Gasteiger partial charge in [0.05, 0.1) is 18.4 Å². The monoisotopic (exact) mass is 359 g/mol. The maximum Gasteiger partial charge on any atom is 0.336 e. The van der Waals surface area contributed by atoms with E-state index in [0.29, 0.717) is 35.2 Å². The maximum atomic E-state index is 14.6. The molecule has 4 nitrogen and oxygen atoms in total. The van der Waals surface area contributed by atoms with Crippen LogP contribution in [0.4, 0.5) is 8.78 Å². The molecule has 0 radical (unpaired) electrons. The summed E-state index contributed by atoms with van der Waals surface area (Å²) >= 11 is 0. The lowest BCUT2D eigenvalue weighted by molar-refractivity contribution is -0.136. The summed E-state index contributed by atoms with van der Waals surface area (Å²) in [5.41, 5.74) is 2.34. The Bertz CT molecular complexity index is 868. The van der Waals surface area contributed by atoms with Crippen molar-refractivity contribution in [2.24, 2.45) is 0 Å². The fourth-order valence-corrected chi connectivity index (χ4v) is 4.08. The standard InChI is InChI=1S/C20H19F2NO3/c1-26-20(25)19-14(9-21)23-13-7-8-15(24)18(13)17(19)11-3-2-4-12(22)16(11)10-5-6-10/h2-4,10,17,23H,5-9H2,1H3. The van der Waals surface area contributed by atoms with Crippen molar-refractivity contribution >= 4 is 11.8 Å². The van der Waals surface area contributed by atoms with Crippen LogP contribution in [0.5, 0.6) is 0 Å². The molecule has 1 saturated carbocycles. The normalized spacial score (nSPS) is 22.4. The highest BCUT2D eigenvalue weighted by Gasteiger charge is 2.43. The van der Waals surface area contributed by atoms with E-state index in [1.165, 1.54) is 13.2 Å². The van der Waals surface area contributed by atoms with Gasteiger partial charge in [-0.15, -0.1) is 0 Å². The molecule has 1 N–H and O–H groups in total. The van der Waals surface area contributed by atoms with Gasteiger partial charge >= 0.3 is 5.97 Å². The van der Waals surface area contributed by atoms with Crippen LogP contribution in [0.25, 0.3) is 0 Å². The number of rotatable bonds is 4. The third-order valence-corrected chi connectivity index (χ3v) is 5.35. The molecule has 3 aliphatic rings. The molecule has 2 aliphatic carbocycles. The molecule has 1 fully saturated rings. The van der Waals surface area contributed by atoms with Crippen molar-refractivity contribution in [3.05, 3.63) is 57.7 Å². The van der Waals surface area contributed by atoms with Crippen molar-refractivity contribution < 1.29 is 23.1 Å². The quantitative estimate of drug-likeness (QED) is 0.837. The average molecular weight is 359 g/mol. The van der Waals surface area contributed by atoms with Crippen LogP contribution in [0.15, 0.2) is 40.7 Å². The Morgan fingerprint density at radius 1 is 1.31 bits per heavy atom. The van der Waals surface area contributed by atoms with Crippen molar-refractivity contribution in [3.63, 3.8) is 0 Å². The number of benzene rings is 1. The Hall–Kier alpha value is -2.50. The molecule has 1 heterocycles. The van der Waals surface area contributed by atoms with Crippen LogP contribution < -0.4 is 5.32 Å². The first-order valence-electron chi connectivity index (χ1n) is 8.75. The van der Waals surface area contributed by atoms with Gasteiger partial charge < -0.3 is 10.1 Å². The van der Waals surface area contributed by atoms with Gasteiger partial charge in [-0.05, 0) is 42.4 Å². The topological polar surface area (TPSA) is 55.4 Å². The predicted octanol–water partition coefficient (Wildman–Crippen LogP) is 3.40. The lowest BCUT2D eigenvalue weighted by Gasteiger charge is -2.30. The third kappa shape index (κ3) is 2.55. The summed E-state index contributed by atoms with van der Waals surface area (Å²) in [4.78, 5) is 25.0. The third-order valence-electron chi connectivity index (χ3n) is 5.35. The highest BCUT2D eigenvalue weighted by Crippen LogP contribution is 2.50. The molecule has 1 atom stereocenters. The number of ketones is 1. The van der Waals surface area contributed by atoms with E-state index in [1.54, 1.807) is 12.1 Å². The van der Waals surface area contributed by atoms with Crippen LogP contribution in [0.1, 0.15) is 48.6 Å². The van der Waals surface area contributed by atoms with Gasteiger partial charge in [-0.25, -0.2) is 13.6 Å². The van der Waals surface area contributed by atoms with Gasteiger partial charge in [0.25, 0.3) is 0 Å². The van der Waals surface area contributed by atoms with Crippen LogP contribution in [0.3, 0.4) is 0 Å². The summed E-state index contributed by atoms with van der Waals surface area (Å²) in [5.74, 6) is -1.85. The molecule has 26 heavy (non-hydrogen) atoms. The zero-order chi connectivity index (χ0) is 18.4. The summed E-state index contributed by atoms with van der Waals surface area (Å²) in [6.07, 6.45) is 2.50. The molecule has 1 unspecified atom stereocenters. The molecule has 0 saturated heterocycles. The molecule has 6 heteroatoms. The molecule has 1 aromatic rings. The number of hydrogen-bond acceptors (Lipinski definition) is 4. The van der Waals surface area contributed by atoms with Gasteiger partial charge in [-0.2, -0.15) is 0 Å². The fraction of sp³-hybridized carbons (Fsp3) is 0.400. The first kappa shape index (κ1) is 16.9. The number of carbonyl (C=O) groups is 2. The summed E-state index contributed by atoms with van der Waals surface area (Å²) < 4.78 is 33.2. The summed E-state index contributed by atoms with van der Waals surface area (Å²) in [6.45, 7) is -0.889. The lowest BCUT2D eigenvalue weighted by Crippen LogP contribution is -2.31. The number of allylic oxidation sites excluding steroid dienone is 3. The SMILES string of the molecule is COC(=O)C1=C(CF)NC2=C(C(=O)CC2)C1c1cccc(F)c1C1CC1. The van der Waals surface area contributed by atoms with E-state index in [-0.39, 0.29) is 28.8 Å². The minimum Gasteiger partial charge on any atom is -0.466 e. The second-order valence-corrected chi connectivity index (χ2v) is 6.91. The largest absolute Gasteiger partial charge is 0.466 e. The number of hydrogen-bond donors (Lipinski definition) is 1. The molecule has 136 valence electrons. The number of carbonyl (C=O) groups excluding carboxylic acids is 2. The lowest BCUT2D eigenvalue weighted by atomic mass is 9.77. The number of dihydropyridines is 1. The maximum absolute atomic E-state index is 14.6. The van der Waals surface area contributed by atoms with Crippen molar-refractivity contribution in [2.45, 2.75) is 37.5 Å². The highest BCUT2D eigenvalue weighted by atomic mass is 19.1. The number of Topliss-reactive ketones (excluding diaryl/α,β-unsaturated/α-hetero) is 1. The van der Waals surface area contributed by atoms with Gasteiger partial charge in [-0.3, -0.25) is 4.79 Å². The van der Waals surface area contributed by atoms with E-state index >= 15 is 0 Å². The number of ether oxygens (including phenoxy) is 1. The van der Waals surface area contributed by atoms with Crippen LogP contribution >= 0.6 is 0 Å². The average Bonchev–Trinajstić information content (AvgIpc) is 3.42. The van der Waals surface area contributed by atoms with Gasteiger partial charge in [0.2, 0.25) is 0 Å². The van der Waals surface area contributed by atoms with E-state index in [1.807, 2.05) is 0 Å². The number of nitrogens with one attached hydrogen (secondary N) is 1. The number of alkyl halides is 1. The molecule has 0 bridgehead atoms. The van der Waals surface area contributed by atoms with Crippen LogP contribution in [0, 0.1) is 5.82 Å². The molecule has 0 spiro atoms. The van der Waals surface area contributed by atoms with E-state index in [0.717, 1.165) is 12.8 Å². The number of methoxy groups -OCH3 is 1. The highest BCUT2D eigenvalue weighted by molar-refractivity contribution is 6.05. The Morgan fingerprint density at radius 3 is 2.73 bits per heavy atom. The predicted molar refractivity (Wildman–Crippen MR) is 90.5 cm³/mol. The Labute approximate surface area is 149 Å². The minimum atomic E-state index is -0.889. The van der Waals surface area contributed by atoms with Crippen LogP contribution in [-0.2, 0) is 14.3 Å². The summed E-state index contributed by atoms with van der Waals surface area (Å²) in [5, 5.41) is 2.91. The van der Waals surface area contributed by atoms with Crippen molar-refractivity contribution in [1.82, 2.24) is 5.32 Å². The van der Waals surface area contributed by atoms with Crippen LogP contribution in [0.2, 0.25) is 0 Å². The zero-order valence-electron chi connectivity index (χ0n) is 14.4. The summed E-state index contributed by atoms with van der Waals surface area (Å²) in [6, 6.07) is 4.70. The smallest absolute Gasteiger partial charge is 0.336 e. The van der Waals surface area contributed by atoms with Gasteiger partial charge in [0.1, 0.15) is 12.5 Å². The van der Waals surface area contributed by atoms with Gasteiger partial charge in [0, 0.05) is 23.6 Å². The first-order chi connectivity index (χ1) is 12.6. The molecule has 1 aliphatic heterocycles. The number of halogens is 2. The Kier molecular flexibility index (Phi) is 4.13. The second kappa shape index (κ2) is 6.34. The van der Waals surface area contributed by atoms with Gasteiger partial charge in [0.15, 0.2) is 5.78 Å². The molecule has 0 amide bonds. The van der Waals surface area contributed by atoms with E-state index in [4.69, 9.17) is 4.74 Å². The Morgan fingerprint density at radius 2 is 2.08 bits per heavy atom. The van der Waals surface area contributed by atoms with Crippen LogP contribution in [-0.4, -0.2) is 25.5 Å². The minimum absolute atomic E-state index is 0.0662. The van der Waals surface area contributed by atoms with E-state index < -0.39 is 18.6 Å². The number of esters is 1. The van der Waals surface area contributed by atoms with E-state index in [2.05, 4.69) is 5.32 Å². The second-order valence-electron chi connectivity index (χ2n) is 6.91. The summed E-state index contributed by atoms with van der Waals surface area (Å²) in [7, 11) is 1.22. The Balaban J connectivity index is 1.96. The molecule has 0 aromatic heterocycles. The van der Waals surface area contributed by atoms with Gasteiger partial charge in [-0.1, -0.05) is 12.1 Å². The molecular weight excluding hydrogens is 340 g/mol. The first-order valence-corrected chi connectivity index (χ1v) is 8.75. The van der Waals surface area contributed by atoms with Crippen molar-refractivity contribution in [1.29, 1.82) is 0 Å². The molecule has 4 rings (SSSR count). The van der Waals surface area contributed by atoms with Crippen molar-refractivity contribution in [3.8, 4) is 0 Å². The van der Waals surface area contributed by atoms with E-state index in [9.17, 15) is 18.4 Å². The zero-order valence-corrected chi connectivity index (χ0v) is 14.4.